The van der Waals surface area contributed by atoms with Gasteiger partial charge in [0.1, 0.15) is 0 Å². The van der Waals surface area contributed by atoms with Crippen molar-refractivity contribution in [3.8, 4) is 0 Å². The molecule has 2 fully saturated rings. The van der Waals surface area contributed by atoms with Crippen molar-refractivity contribution in [1.82, 2.24) is 10.2 Å². The van der Waals surface area contributed by atoms with Gasteiger partial charge in [-0.25, -0.2) is 4.79 Å². The van der Waals surface area contributed by atoms with Gasteiger partial charge in [-0.1, -0.05) is 24.6 Å². The molecule has 1 aliphatic carbocycles. The van der Waals surface area contributed by atoms with Gasteiger partial charge in [0.15, 0.2) is 0 Å². The van der Waals surface area contributed by atoms with Crippen LogP contribution in [0.25, 0.3) is 0 Å². The van der Waals surface area contributed by atoms with Crippen LogP contribution >= 0.6 is 0 Å². The van der Waals surface area contributed by atoms with E-state index in [1.807, 2.05) is 35.2 Å². The quantitative estimate of drug-likeness (QED) is 0.829. The van der Waals surface area contributed by atoms with E-state index in [2.05, 4.69) is 10.6 Å². The Morgan fingerprint density at radius 2 is 2.00 bits per heavy atom. The van der Waals surface area contributed by atoms with Gasteiger partial charge in [-0.15, -0.1) is 0 Å². The lowest BCUT2D eigenvalue weighted by atomic mass is 10.0. The number of nitrogens with zero attached hydrogens (tertiary/aromatic N) is 1. The Morgan fingerprint density at radius 1 is 1.17 bits per heavy atom. The summed E-state index contributed by atoms with van der Waals surface area (Å²) in [6.45, 7) is 2.27. The number of fused-ring (bicyclic) bond motifs is 1. The van der Waals surface area contributed by atoms with Crippen molar-refractivity contribution in [1.29, 1.82) is 0 Å². The Bertz CT molecular complexity index is 564. The summed E-state index contributed by atoms with van der Waals surface area (Å²) in [6.07, 6.45) is 3.47. The Morgan fingerprint density at radius 3 is 2.83 bits per heavy atom. The van der Waals surface area contributed by atoms with Crippen molar-refractivity contribution in [2.45, 2.75) is 31.7 Å². The number of urea groups is 1. The van der Waals surface area contributed by atoms with Crippen LogP contribution in [-0.2, 0) is 9.53 Å². The molecule has 1 aromatic rings. The van der Waals surface area contributed by atoms with Crippen LogP contribution in [-0.4, -0.2) is 49.2 Å². The first-order valence-electron chi connectivity index (χ1n) is 8.74. The molecule has 1 aliphatic heterocycles. The molecule has 0 bridgehead atoms. The SMILES string of the molecule is O=C1NCCOCCCN(C(=O)Nc2ccccc2)C2CCCC12. The molecular formula is C18H25N3O3. The minimum absolute atomic E-state index is 0.0354. The molecule has 6 nitrogen and oxygen atoms in total. The maximum absolute atomic E-state index is 12.8. The maximum Gasteiger partial charge on any atom is 0.322 e. The van der Waals surface area contributed by atoms with Crippen LogP contribution in [0.15, 0.2) is 30.3 Å². The number of para-hydroxylation sites is 1. The summed E-state index contributed by atoms with van der Waals surface area (Å²) < 4.78 is 5.51. The summed E-state index contributed by atoms with van der Waals surface area (Å²) in [7, 11) is 0. The molecule has 3 amide bonds. The van der Waals surface area contributed by atoms with Crippen LogP contribution < -0.4 is 10.6 Å². The first-order valence-corrected chi connectivity index (χ1v) is 8.74. The van der Waals surface area contributed by atoms with Crippen LogP contribution in [0.4, 0.5) is 10.5 Å². The number of amides is 3. The average molecular weight is 331 g/mol. The van der Waals surface area contributed by atoms with Gasteiger partial charge < -0.3 is 20.3 Å². The van der Waals surface area contributed by atoms with Gasteiger partial charge >= 0.3 is 6.03 Å². The third-order valence-corrected chi connectivity index (χ3v) is 4.74. The Hall–Kier alpha value is -2.08. The number of hydrogen-bond donors (Lipinski definition) is 2. The number of nitrogens with one attached hydrogen (secondary N) is 2. The molecule has 1 saturated heterocycles. The Balaban J connectivity index is 1.75. The molecular weight excluding hydrogens is 306 g/mol. The van der Waals surface area contributed by atoms with Crippen molar-refractivity contribution in [3.63, 3.8) is 0 Å². The molecule has 0 spiro atoms. The second-order valence-electron chi connectivity index (χ2n) is 6.35. The molecule has 24 heavy (non-hydrogen) atoms. The lowest BCUT2D eigenvalue weighted by molar-refractivity contribution is -0.126. The third kappa shape index (κ3) is 4.06. The minimum atomic E-state index is -0.134. The third-order valence-electron chi connectivity index (χ3n) is 4.74. The summed E-state index contributed by atoms with van der Waals surface area (Å²) in [5.74, 6) is -0.0786. The number of ether oxygens (including phenoxy) is 1. The van der Waals surface area contributed by atoms with E-state index in [9.17, 15) is 9.59 Å². The molecule has 2 atom stereocenters. The highest BCUT2D eigenvalue weighted by atomic mass is 16.5. The highest BCUT2D eigenvalue weighted by Gasteiger charge is 2.38. The summed E-state index contributed by atoms with van der Waals surface area (Å²) in [4.78, 5) is 27.1. The van der Waals surface area contributed by atoms with E-state index in [1.54, 1.807) is 0 Å². The fraction of sp³-hybridized carbons (Fsp3) is 0.556. The molecule has 0 aromatic heterocycles. The van der Waals surface area contributed by atoms with Gasteiger partial charge in [-0.05, 0) is 31.4 Å². The largest absolute Gasteiger partial charge is 0.380 e. The van der Waals surface area contributed by atoms with E-state index in [4.69, 9.17) is 4.74 Å². The van der Waals surface area contributed by atoms with Crippen molar-refractivity contribution >= 4 is 17.6 Å². The molecule has 2 aliphatic rings. The highest BCUT2D eigenvalue weighted by Crippen LogP contribution is 2.31. The zero-order valence-corrected chi connectivity index (χ0v) is 13.9. The lowest BCUT2D eigenvalue weighted by Crippen LogP contribution is -2.49. The Kier molecular flexibility index (Phi) is 5.69. The molecule has 2 N–H and O–H groups in total. The summed E-state index contributed by atoms with van der Waals surface area (Å²) in [6, 6.07) is 9.26. The predicted molar refractivity (Wildman–Crippen MR) is 91.7 cm³/mol. The van der Waals surface area contributed by atoms with Crippen molar-refractivity contribution < 1.29 is 14.3 Å². The van der Waals surface area contributed by atoms with Gasteiger partial charge in [0, 0.05) is 31.4 Å². The summed E-state index contributed by atoms with van der Waals surface area (Å²) >= 11 is 0. The standard InChI is InChI=1S/C18H25N3O3/c22-17-15-8-4-9-16(15)21(11-5-12-24-13-10-19-17)18(23)20-14-6-2-1-3-7-14/h1-3,6-7,15-16H,4-5,8-13H2,(H,19,22)(H,20,23). The van der Waals surface area contributed by atoms with Crippen molar-refractivity contribution in [2.24, 2.45) is 5.92 Å². The number of carbonyl (C=O) groups is 2. The Labute approximate surface area is 142 Å². The molecule has 1 heterocycles. The maximum atomic E-state index is 12.8. The van der Waals surface area contributed by atoms with Crippen LogP contribution in [0.3, 0.4) is 0 Å². The first-order chi connectivity index (χ1) is 11.8. The smallest absolute Gasteiger partial charge is 0.322 e. The van der Waals surface area contributed by atoms with E-state index in [1.165, 1.54) is 0 Å². The minimum Gasteiger partial charge on any atom is -0.380 e. The zero-order chi connectivity index (χ0) is 16.8. The number of hydrogen-bond acceptors (Lipinski definition) is 3. The number of benzene rings is 1. The molecule has 1 saturated carbocycles. The second-order valence-corrected chi connectivity index (χ2v) is 6.35. The fourth-order valence-corrected chi connectivity index (χ4v) is 3.57. The number of rotatable bonds is 1. The summed E-state index contributed by atoms with van der Waals surface area (Å²) in [5, 5.41) is 5.89. The van der Waals surface area contributed by atoms with Gasteiger partial charge in [0.2, 0.25) is 5.91 Å². The molecule has 1 aromatic carbocycles. The van der Waals surface area contributed by atoms with Gasteiger partial charge in [-0.2, -0.15) is 0 Å². The van der Waals surface area contributed by atoms with E-state index in [0.29, 0.717) is 26.3 Å². The van der Waals surface area contributed by atoms with Crippen LogP contribution in [0.5, 0.6) is 0 Å². The van der Waals surface area contributed by atoms with Crippen molar-refractivity contribution in [2.75, 3.05) is 31.6 Å². The van der Waals surface area contributed by atoms with E-state index in [-0.39, 0.29) is 23.9 Å². The first kappa shape index (κ1) is 16.8. The van der Waals surface area contributed by atoms with E-state index >= 15 is 0 Å². The van der Waals surface area contributed by atoms with E-state index < -0.39 is 0 Å². The molecule has 130 valence electrons. The van der Waals surface area contributed by atoms with Crippen LogP contribution in [0.2, 0.25) is 0 Å². The zero-order valence-electron chi connectivity index (χ0n) is 13.9. The lowest BCUT2D eigenvalue weighted by Gasteiger charge is -2.32. The second kappa shape index (κ2) is 8.15. The molecule has 3 rings (SSSR count). The predicted octanol–water partition coefficient (Wildman–Crippen LogP) is 2.23. The normalized spacial score (nSPS) is 25.3. The number of anilines is 1. The van der Waals surface area contributed by atoms with Crippen LogP contribution in [0, 0.1) is 5.92 Å². The fourth-order valence-electron chi connectivity index (χ4n) is 3.57. The van der Waals surface area contributed by atoms with Gasteiger partial charge in [0.05, 0.1) is 12.5 Å². The van der Waals surface area contributed by atoms with Gasteiger partial charge in [-0.3, -0.25) is 4.79 Å². The average Bonchev–Trinajstić information content (AvgIpc) is 3.06. The summed E-state index contributed by atoms with van der Waals surface area (Å²) in [5.41, 5.74) is 0.770. The highest BCUT2D eigenvalue weighted by molar-refractivity contribution is 5.90. The monoisotopic (exact) mass is 331 g/mol. The van der Waals surface area contributed by atoms with Crippen molar-refractivity contribution in [3.05, 3.63) is 30.3 Å². The number of carbonyl (C=O) groups excluding carboxylic acids is 2. The molecule has 6 heteroatoms. The molecule has 2 unspecified atom stereocenters. The van der Waals surface area contributed by atoms with Crippen LogP contribution in [0.1, 0.15) is 25.7 Å². The van der Waals surface area contributed by atoms with Gasteiger partial charge in [0.25, 0.3) is 0 Å². The topological polar surface area (TPSA) is 70.7 Å². The van der Waals surface area contributed by atoms with E-state index in [0.717, 1.165) is 31.4 Å². The molecule has 0 radical (unpaired) electrons.